The first kappa shape index (κ1) is 18.3. The summed E-state index contributed by atoms with van der Waals surface area (Å²) in [6, 6.07) is 6.32. The molecule has 0 spiro atoms. The first-order valence-corrected chi connectivity index (χ1v) is 9.83. The molecule has 0 radical (unpaired) electrons. The van der Waals surface area contributed by atoms with Crippen molar-refractivity contribution >= 4 is 16.8 Å². The summed E-state index contributed by atoms with van der Waals surface area (Å²) in [4.78, 5) is 17.8. The molecule has 3 heterocycles. The second-order valence-corrected chi connectivity index (χ2v) is 7.66. The summed E-state index contributed by atoms with van der Waals surface area (Å²) >= 11 is 0. The molecule has 0 bridgehead atoms. The van der Waals surface area contributed by atoms with Crippen LogP contribution in [-0.2, 0) is 11.3 Å². The number of rotatable bonds is 4. The van der Waals surface area contributed by atoms with E-state index in [2.05, 4.69) is 36.4 Å². The van der Waals surface area contributed by atoms with E-state index in [-0.39, 0.29) is 12.0 Å². The van der Waals surface area contributed by atoms with E-state index in [1.807, 2.05) is 17.0 Å². The van der Waals surface area contributed by atoms with Gasteiger partial charge in [0.15, 0.2) is 0 Å². The molecule has 2 saturated heterocycles. The number of carbonyl (C=O) groups excluding carboxylic acids is 1. The average Bonchev–Trinajstić information content (AvgIpc) is 3.22. The van der Waals surface area contributed by atoms with Crippen molar-refractivity contribution in [3.8, 4) is 5.75 Å². The summed E-state index contributed by atoms with van der Waals surface area (Å²) in [5.74, 6) is 0.885. The maximum Gasteiger partial charge on any atom is 0.256 e. The van der Waals surface area contributed by atoms with E-state index >= 15 is 0 Å². The van der Waals surface area contributed by atoms with Gasteiger partial charge in [0.2, 0.25) is 0 Å². The van der Waals surface area contributed by atoms with Crippen LogP contribution < -0.4 is 4.74 Å². The Morgan fingerprint density at radius 3 is 2.85 bits per heavy atom. The molecule has 0 unspecified atom stereocenters. The predicted molar refractivity (Wildman–Crippen MR) is 106 cm³/mol. The molecule has 4 rings (SSSR count). The molecule has 1 aromatic carbocycles. The van der Waals surface area contributed by atoms with E-state index in [9.17, 15) is 4.79 Å². The van der Waals surface area contributed by atoms with Gasteiger partial charge in [-0.15, -0.1) is 0 Å². The van der Waals surface area contributed by atoms with Gasteiger partial charge in [-0.3, -0.25) is 9.69 Å². The molecule has 1 aromatic heterocycles. The number of fused-ring (bicyclic) bond motifs is 2. The highest BCUT2D eigenvalue weighted by Crippen LogP contribution is 2.32. The minimum atomic E-state index is 0.104. The zero-order chi connectivity index (χ0) is 19.1. The zero-order valence-electron chi connectivity index (χ0n) is 16.7. The second-order valence-electron chi connectivity index (χ2n) is 7.66. The highest BCUT2D eigenvalue weighted by atomic mass is 16.5. The van der Waals surface area contributed by atoms with Crippen LogP contribution in [0.3, 0.4) is 0 Å². The Morgan fingerprint density at radius 2 is 2.15 bits per heavy atom. The van der Waals surface area contributed by atoms with Crippen LogP contribution in [0.25, 0.3) is 10.9 Å². The van der Waals surface area contributed by atoms with Crippen molar-refractivity contribution in [3.63, 3.8) is 0 Å². The standard InChI is InChI=1S/C21H29N3O3/c1-5-8-24-14(2)20(16-11-15(26-4)6-7-17(16)24)21(25)23-12-18-19(13-23)27-10-9-22(18)3/h6-7,11,18-19H,5,8-10,12-13H2,1-4H3/t18-,19+/m0/s1. The van der Waals surface area contributed by atoms with Crippen molar-refractivity contribution in [2.75, 3.05) is 40.4 Å². The van der Waals surface area contributed by atoms with E-state index in [1.165, 1.54) is 0 Å². The summed E-state index contributed by atoms with van der Waals surface area (Å²) in [7, 11) is 3.79. The van der Waals surface area contributed by atoms with E-state index in [0.717, 1.165) is 60.6 Å². The maximum absolute atomic E-state index is 13.5. The van der Waals surface area contributed by atoms with Crippen LogP contribution in [0.4, 0.5) is 0 Å². The highest BCUT2D eigenvalue weighted by molar-refractivity contribution is 6.09. The number of morpholine rings is 1. The number of benzene rings is 1. The Hall–Kier alpha value is -2.05. The molecule has 0 aliphatic carbocycles. The number of likely N-dealkylation sites (tertiary alicyclic amines) is 1. The van der Waals surface area contributed by atoms with E-state index in [1.54, 1.807) is 7.11 Å². The number of ether oxygens (including phenoxy) is 2. The molecule has 1 amide bonds. The quantitative estimate of drug-likeness (QED) is 0.829. The van der Waals surface area contributed by atoms with Gasteiger partial charge in [-0.2, -0.15) is 0 Å². The summed E-state index contributed by atoms with van der Waals surface area (Å²) < 4.78 is 13.6. The number of nitrogens with zero attached hydrogens (tertiary/aromatic N) is 3. The van der Waals surface area contributed by atoms with Gasteiger partial charge in [0.25, 0.3) is 5.91 Å². The SMILES string of the molecule is CCCn1c(C)c(C(=O)N2C[C@H]3OCCN(C)[C@H]3C2)c2cc(OC)ccc21. The summed E-state index contributed by atoms with van der Waals surface area (Å²) in [6.07, 6.45) is 1.14. The van der Waals surface area contributed by atoms with Gasteiger partial charge in [-0.25, -0.2) is 0 Å². The largest absolute Gasteiger partial charge is 0.497 e. The number of methoxy groups -OCH3 is 1. The minimum absolute atomic E-state index is 0.104. The van der Waals surface area contributed by atoms with Crippen molar-refractivity contribution in [1.29, 1.82) is 0 Å². The van der Waals surface area contributed by atoms with Gasteiger partial charge in [0, 0.05) is 42.8 Å². The molecular weight excluding hydrogens is 342 g/mol. The average molecular weight is 371 g/mol. The third-order valence-corrected chi connectivity index (χ3v) is 6.06. The van der Waals surface area contributed by atoms with Gasteiger partial charge in [-0.05, 0) is 38.6 Å². The van der Waals surface area contributed by atoms with Crippen molar-refractivity contribution in [2.45, 2.75) is 39.0 Å². The molecule has 6 heteroatoms. The molecule has 2 atom stereocenters. The Kier molecular flexibility index (Phi) is 4.86. The van der Waals surface area contributed by atoms with Crippen LogP contribution in [-0.4, -0.2) is 72.8 Å². The summed E-state index contributed by atoms with van der Waals surface area (Å²) in [5, 5.41) is 0.981. The molecule has 0 N–H and O–H groups in total. The molecule has 27 heavy (non-hydrogen) atoms. The lowest BCUT2D eigenvalue weighted by Crippen LogP contribution is -2.48. The molecule has 2 aromatic rings. The van der Waals surface area contributed by atoms with Gasteiger partial charge in [0.05, 0.1) is 31.4 Å². The number of aryl methyl sites for hydroxylation is 1. The van der Waals surface area contributed by atoms with E-state index in [0.29, 0.717) is 12.6 Å². The van der Waals surface area contributed by atoms with Gasteiger partial charge < -0.3 is 18.9 Å². The van der Waals surface area contributed by atoms with Gasteiger partial charge >= 0.3 is 0 Å². The van der Waals surface area contributed by atoms with Crippen molar-refractivity contribution < 1.29 is 14.3 Å². The van der Waals surface area contributed by atoms with Crippen LogP contribution in [0.2, 0.25) is 0 Å². The molecule has 2 aliphatic heterocycles. The summed E-state index contributed by atoms with van der Waals surface area (Å²) in [6.45, 7) is 8.18. The Morgan fingerprint density at radius 1 is 1.33 bits per heavy atom. The topological polar surface area (TPSA) is 46.9 Å². The van der Waals surface area contributed by atoms with Crippen molar-refractivity contribution in [2.24, 2.45) is 0 Å². The van der Waals surface area contributed by atoms with Crippen LogP contribution in [0, 0.1) is 6.92 Å². The lowest BCUT2D eigenvalue weighted by molar-refractivity contribution is -0.0368. The number of amides is 1. The summed E-state index contributed by atoms with van der Waals surface area (Å²) in [5.41, 5.74) is 2.94. The molecule has 2 aliphatic rings. The van der Waals surface area contributed by atoms with E-state index in [4.69, 9.17) is 9.47 Å². The Balaban J connectivity index is 1.74. The molecule has 6 nitrogen and oxygen atoms in total. The molecular formula is C21H29N3O3. The molecule has 0 saturated carbocycles. The third-order valence-electron chi connectivity index (χ3n) is 6.06. The molecule has 2 fully saturated rings. The first-order chi connectivity index (χ1) is 13.0. The number of hydrogen-bond donors (Lipinski definition) is 0. The fraction of sp³-hybridized carbons (Fsp3) is 0.571. The number of likely N-dealkylation sites (N-methyl/N-ethyl adjacent to an activating group) is 1. The van der Waals surface area contributed by atoms with E-state index < -0.39 is 0 Å². The lowest BCUT2D eigenvalue weighted by atomic mass is 10.1. The normalized spacial score (nSPS) is 23.0. The monoisotopic (exact) mass is 371 g/mol. The number of carbonyl (C=O) groups is 1. The number of hydrogen-bond acceptors (Lipinski definition) is 4. The van der Waals surface area contributed by atoms with Gasteiger partial charge in [-0.1, -0.05) is 6.92 Å². The Labute approximate surface area is 160 Å². The first-order valence-electron chi connectivity index (χ1n) is 9.83. The minimum Gasteiger partial charge on any atom is -0.497 e. The Bertz CT molecular complexity index is 860. The lowest BCUT2D eigenvalue weighted by Gasteiger charge is -2.33. The zero-order valence-corrected chi connectivity index (χ0v) is 16.7. The van der Waals surface area contributed by atoms with Crippen LogP contribution >= 0.6 is 0 Å². The second kappa shape index (κ2) is 7.17. The van der Waals surface area contributed by atoms with Gasteiger partial charge in [0.1, 0.15) is 5.75 Å². The van der Waals surface area contributed by atoms with Crippen molar-refractivity contribution in [3.05, 3.63) is 29.5 Å². The highest BCUT2D eigenvalue weighted by Gasteiger charge is 2.41. The predicted octanol–water partition coefficient (Wildman–Crippen LogP) is 2.52. The van der Waals surface area contributed by atoms with Crippen LogP contribution in [0.1, 0.15) is 29.4 Å². The third kappa shape index (κ3) is 3.01. The fourth-order valence-electron chi connectivity index (χ4n) is 4.55. The maximum atomic E-state index is 13.5. The number of aromatic nitrogens is 1. The molecule has 146 valence electrons. The van der Waals surface area contributed by atoms with Crippen LogP contribution in [0.15, 0.2) is 18.2 Å². The fourth-order valence-corrected chi connectivity index (χ4v) is 4.55. The van der Waals surface area contributed by atoms with Crippen LogP contribution in [0.5, 0.6) is 5.75 Å². The van der Waals surface area contributed by atoms with Crippen molar-refractivity contribution in [1.82, 2.24) is 14.4 Å². The smallest absolute Gasteiger partial charge is 0.256 e.